The van der Waals surface area contributed by atoms with Gasteiger partial charge >= 0.3 is 65.1 Å². The van der Waals surface area contributed by atoms with Crippen LogP contribution in [0, 0.1) is 0 Å². The molecular weight excluding hydrogens is 306 g/mol. The van der Waals surface area contributed by atoms with Gasteiger partial charge in [-0.15, -0.1) is 0 Å². The second-order valence-electron chi connectivity index (χ2n) is 3.85. The minimum Gasteiger partial charge on any atom is -0.549 e. The fourth-order valence-corrected chi connectivity index (χ4v) is 1.46. The van der Waals surface area contributed by atoms with Crippen molar-refractivity contribution in [2.75, 3.05) is 45.9 Å². The van der Waals surface area contributed by atoms with E-state index in [9.17, 15) is 24.6 Å². The van der Waals surface area contributed by atoms with Crippen molar-refractivity contribution in [1.82, 2.24) is 9.80 Å². The average molecular weight is 322 g/mol. The molecule has 0 aliphatic heterocycles. The van der Waals surface area contributed by atoms with E-state index in [2.05, 4.69) is 0 Å². The van der Waals surface area contributed by atoms with Crippen LogP contribution < -0.4 is 69.3 Å². The largest absolute Gasteiger partial charge is 1.00 e. The van der Waals surface area contributed by atoms with Crippen molar-refractivity contribution in [3.8, 4) is 0 Å². The molecule has 0 heterocycles. The summed E-state index contributed by atoms with van der Waals surface area (Å²) in [4.78, 5) is 33.8. The van der Waals surface area contributed by atoms with E-state index in [1.807, 2.05) is 0 Å². The number of carboxylic acid groups (broad SMARTS) is 3. The van der Waals surface area contributed by atoms with Gasteiger partial charge < -0.3 is 30.0 Å². The van der Waals surface area contributed by atoms with Gasteiger partial charge in [0, 0.05) is 32.7 Å². The summed E-state index contributed by atoms with van der Waals surface area (Å²) in [6.45, 7) is -1.57. The van der Waals surface area contributed by atoms with Crippen LogP contribution in [0.15, 0.2) is 0 Å². The van der Waals surface area contributed by atoms with E-state index in [0.717, 1.165) is 4.90 Å². The molecule has 0 saturated heterocycles. The van der Waals surface area contributed by atoms with Gasteiger partial charge in [-0.2, -0.15) is 0 Å². The molecule has 0 aromatic carbocycles. The first-order chi connectivity index (χ1) is 8.85. The van der Waals surface area contributed by atoms with Crippen molar-refractivity contribution in [2.45, 2.75) is 0 Å². The Hall–Kier alpha value is 0.290. The number of carbonyl (C=O) groups excluding carboxylic acids is 2. The third-order valence-corrected chi connectivity index (χ3v) is 2.21. The number of aliphatic hydroxyl groups excluding tert-OH is 1. The van der Waals surface area contributed by atoms with Gasteiger partial charge in [0.05, 0.1) is 25.1 Å². The number of carbonyl (C=O) groups is 3. The Bertz CT molecular complexity index is 315. The van der Waals surface area contributed by atoms with Crippen molar-refractivity contribution in [1.29, 1.82) is 0 Å². The first-order valence-electron chi connectivity index (χ1n) is 5.52. The molecule has 0 saturated carbocycles. The zero-order valence-electron chi connectivity index (χ0n) is 12.3. The molecule has 0 aromatic rings. The molecule has 0 atom stereocenters. The number of hydrogen-bond acceptors (Lipinski definition) is 8. The maximum atomic E-state index is 10.5. The molecule has 0 radical (unpaired) electrons. The minimum absolute atomic E-state index is 0. The van der Waals surface area contributed by atoms with E-state index < -0.39 is 37.5 Å². The fourth-order valence-electron chi connectivity index (χ4n) is 1.46. The topological polar surface area (TPSA) is 144 Å². The monoisotopic (exact) mass is 322 g/mol. The molecule has 9 nitrogen and oxygen atoms in total. The molecule has 0 fully saturated rings. The van der Waals surface area contributed by atoms with Crippen LogP contribution in [0.25, 0.3) is 0 Å². The van der Waals surface area contributed by atoms with Crippen molar-refractivity contribution >= 4 is 17.9 Å². The number of carboxylic acids is 3. The first-order valence-corrected chi connectivity index (χ1v) is 5.52. The Balaban J connectivity index is -0.00000162. The molecule has 0 unspecified atom stereocenters. The summed E-state index contributed by atoms with van der Waals surface area (Å²) >= 11 is 0. The smallest absolute Gasteiger partial charge is 0.549 e. The van der Waals surface area contributed by atoms with Crippen molar-refractivity contribution in [3.05, 3.63) is 0 Å². The van der Waals surface area contributed by atoms with Crippen LogP contribution in [-0.2, 0) is 14.4 Å². The molecule has 0 aliphatic carbocycles. The third-order valence-electron chi connectivity index (χ3n) is 2.21. The molecule has 0 bridgehead atoms. The second-order valence-corrected chi connectivity index (χ2v) is 3.85. The van der Waals surface area contributed by atoms with Crippen LogP contribution in [0.2, 0.25) is 0 Å². The van der Waals surface area contributed by atoms with Gasteiger partial charge in [0.1, 0.15) is 0 Å². The fraction of sp³-hybridized carbons (Fsp3) is 0.700. The molecule has 0 aliphatic rings. The maximum absolute atomic E-state index is 10.5. The van der Waals surface area contributed by atoms with Crippen LogP contribution in [0.3, 0.4) is 0 Å². The summed E-state index contributed by atoms with van der Waals surface area (Å²) in [6, 6.07) is 0. The molecule has 0 amide bonds. The van der Waals surface area contributed by atoms with E-state index >= 15 is 0 Å². The normalized spacial score (nSPS) is 9.86. The summed E-state index contributed by atoms with van der Waals surface area (Å²) in [5, 5.41) is 38.2. The Morgan fingerprint density at radius 3 is 1.62 bits per heavy atom. The van der Waals surface area contributed by atoms with Gasteiger partial charge in [-0.1, -0.05) is 0 Å². The van der Waals surface area contributed by atoms with Gasteiger partial charge in [0.25, 0.3) is 0 Å². The Morgan fingerprint density at radius 1 is 0.810 bits per heavy atom. The van der Waals surface area contributed by atoms with E-state index in [4.69, 9.17) is 10.2 Å². The molecular formula is C10H16N2Na2O7. The zero-order valence-corrected chi connectivity index (χ0v) is 16.3. The minimum atomic E-state index is -1.42. The van der Waals surface area contributed by atoms with E-state index in [1.54, 1.807) is 0 Å². The summed E-state index contributed by atoms with van der Waals surface area (Å²) in [5.74, 6) is -3.96. The molecule has 0 rings (SSSR count). The summed E-state index contributed by atoms with van der Waals surface area (Å²) in [5.41, 5.74) is 0. The van der Waals surface area contributed by atoms with Crippen LogP contribution in [0.1, 0.15) is 0 Å². The van der Waals surface area contributed by atoms with Gasteiger partial charge in [-0.05, 0) is 0 Å². The van der Waals surface area contributed by atoms with Crippen molar-refractivity contribution < 1.29 is 93.9 Å². The van der Waals surface area contributed by atoms with E-state index in [-0.39, 0.29) is 85.4 Å². The molecule has 21 heavy (non-hydrogen) atoms. The summed E-state index contributed by atoms with van der Waals surface area (Å²) < 4.78 is 0. The Kier molecular flexibility index (Phi) is 19.0. The number of aliphatic hydroxyl groups is 1. The summed E-state index contributed by atoms with van der Waals surface area (Å²) in [6.07, 6.45) is 0. The standard InChI is InChI=1S/C10H18N2O7.2Na/c13-4-3-11(5-8(14)15)1-2-12(6-9(16)17)7-10(18)19;;/h13H,1-7H2,(H,14,15)(H,16,17)(H,18,19);;/q;2*+1/p-2. The van der Waals surface area contributed by atoms with Crippen LogP contribution in [0.5, 0.6) is 0 Å². The van der Waals surface area contributed by atoms with Gasteiger partial charge in [0.15, 0.2) is 0 Å². The average Bonchev–Trinajstić information content (AvgIpc) is 2.23. The van der Waals surface area contributed by atoms with Gasteiger partial charge in [-0.3, -0.25) is 14.6 Å². The van der Waals surface area contributed by atoms with Gasteiger partial charge in [-0.25, -0.2) is 0 Å². The quantitative estimate of drug-likeness (QED) is 0.354. The van der Waals surface area contributed by atoms with Crippen LogP contribution in [-0.4, -0.2) is 83.8 Å². The zero-order chi connectivity index (χ0) is 14.8. The molecule has 110 valence electrons. The van der Waals surface area contributed by atoms with E-state index in [1.165, 1.54) is 4.90 Å². The van der Waals surface area contributed by atoms with E-state index in [0.29, 0.717) is 0 Å². The Labute approximate surface area is 166 Å². The molecule has 11 heteroatoms. The molecule has 0 aromatic heterocycles. The third kappa shape index (κ3) is 16.5. The van der Waals surface area contributed by atoms with Crippen LogP contribution >= 0.6 is 0 Å². The number of rotatable bonds is 11. The first kappa shape index (κ1) is 26.2. The number of aliphatic carboxylic acids is 3. The van der Waals surface area contributed by atoms with Crippen molar-refractivity contribution in [3.63, 3.8) is 0 Å². The number of hydrogen-bond donors (Lipinski definition) is 2. The summed E-state index contributed by atoms with van der Waals surface area (Å²) in [7, 11) is 0. The predicted octanol–water partition coefficient (Wildman–Crippen LogP) is -10.8. The van der Waals surface area contributed by atoms with Crippen molar-refractivity contribution in [2.24, 2.45) is 0 Å². The predicted molar refractivity (Wildman–Crippen MR) is 57.6 cm³/mol. The Morgan fingerprint density at radius 2 is 1.24 bits per heavy atom. The second kappa shape index (κ2) is 15.2. The van der Waals surface area contributed by atoms with Crippen LogP contribution in [0.4, 0.5) is 0 Å². The molecule has 2 N–H and O–H groups in total. The number of nitrogens with zero attached hydrogens (tertiary/aromatic N) is 2. The van der Waals surface area contributed by atoms with Gasteiger partial charge in [0.2, 0.25) is 0 Å². The molecule has 0 spiro atoms. The maximum Gasteiger partial charge on any atom is 1.00 e. The SMILES string of the molecule is O=C([O-])CN(CCO)CCN(CC(=O)[O-])CC(=O)O.[Na+].[Na+].